The van der Waals surface area contributed by atoms with Gasteiger partial charge in [-0.1, -0.05) is 24.3 Å². The number of aryl methyl sites for hydroxylation is 1. The van der Waals surface area contributed by atoms with Crippen LogP contribution in [0.3, 0.4) is 0 Å². The van der Waals surface area contributed by atoms with Crippen LogP contribution >= 0.6 is 0 Å². The van der Waals surface area contributed by atoms with Crippen molar-refractivity contribution in [2.45, 2.75) is 20.4 Å². The molecule has 1 aromatic heterocycles. The number of amidine groups is 1. The molecule has 28 heavy (non-hydrogen) atoms. The van der Waals surface area contributed by atoms with Crippen LogP contribution in [-0.2, 0) is 6.54 Å². The number of ether oxygens (including phenoxy) is 2. The summed E-state index contributed by atoms with van der Waals surface area (Å²) < 4.78 is 11.2. The zero-order chi connectivity index (χ0) is 19.8. The van der Waals surface area contributed by atoms with Gasteiger partial charge in [-0.2, -0.15) is 0 Å². The normalized spacial score (nSPS) is 11.2. The average Bonchev–Trinajstić information content (AvgIpc) is 2.72. The average molecular weight is 377 g/mol. The smallest absolute Gasteiger partial charge is 0.219 e. The Labute approximate surface area is 164 Å². The van der Waals surface area contributed by atoms with Gasteiger partial charge in [0, 0.05) is 17.8 Å². The zero-order valence-electron chi connectivity index (χ0n) is 15.9. The minimum absolute atomic E-state index is 0.349. The van der Waals surface area contributed by atoms with Crippen LogP contribution < -0.4 is 15.0 Å². The number of aliphatic imine (C=N–C) groups is 1. The first-order chi connectivity index (χ1) is 13.7. The first kappa shape index (κ1) is 19.4. The van der Waals surface area contributed by atoms with Crippen molar-refractivity contribution in [2.75, 3.05) is 6.61 Å². The van der Waals surface area contributed by atoms with Crippen LogP contribution in [0.5, 0.6) is 17.4 Å². The van der Waals surface area contributed by atoms with Crippen molar-refractivity contribution in [2.24, 2.45) is 4.99 Å². The van der Waals surface area contributed by atoms with E-state index < -0.39 is 0 Å². The van der Waals surface area contributed by atoms with Gasteiger partial charge >= 0.3 is 0 Å². The number of hydrogen-bond acceptors (Lipinski definition) is 5. The lowest BCUT2D eigenvalue weighted by molar-refractivity contribution is 0.234. The van der Waals surface area contributed by atoms with E-state index in [1.165, 1.54) is 0 Å². The van der Waals surface area contributed by atoms with Gasteiger partial charge in [0.25, 0.3) is 0 Å². The van der Waals surface area contributed by atoms with Gasteiger partial charge < -0.3 is 9.47 Å². The maximum atomic E-state index is 9.53. The Balaban J connectivity index is 1.75. The molecule has 0 radical (unpaired) electrons. The second-order valence-electron chi connectivity index (χ2n) is 6.09. The summed E-state index contributed by atoms with van der Waals surface area (Å²) in [5.41, 5.74) is 5.09. The molecule has 6 heteroatoms. The lowest BCUT2D eigenvalue weighted by Gasteiger charge is -2.09. The highest BCUT2D eigenvalue weighted by Crippen LogP contribution is 2.23. The van der Waals surface area contributed by atoms with Crippen LogP contribution in [-0.4, -0.2) is 22.6 Å². The van der Waals surface area contributed by atoms with Crippen molar-refractivity contribution >= 4 is 5.84 Å². The van der Waals surface area contributed by atoms with Gasteiger partial charge in [0.2, 0.25) is 5.88 Å². The summed E-state index contributed by atoms with van der Waals surface area (Å²) in [4.78, 5) is 8.70. The fourth-order valence-electron chi connectivity index (χ4n) is 2.65. The number of rotatable bonds is 7. The van der Waals surface area contributed by atoms with Gasteiger partial charge in [-0.3, -0.25) is 15.7 Å². The monoisotopic (exact) mass is 377 g/mol. The van der Waals surface area contributed by atoms with Crippen LogP contribution in [0.15, 0.2) is 71.9 Å². The van der Waals surface area contributed by atoms with Crippen molar-refractivity contribution in [3.63, 3.8) is 0 Å². The molecule has 0 aliphatic heterocycles. The highest BCUT2D eigenvalue weighted by Gasteiger charge is 2.07. The van der Waals surface area contributed by atoms with Crippen molar-refractivity contribution < 1.29 is 14.7 Å². The second-order valence-corrected chi connectivity index (χ2v) is 6.09. The van der Waals surface area contributed by atoms with Gasteiger partial charge in [-0.05, 0) is 55.3 Å². The Morgan fingerprint density at radius 2 is 1.82 bits per heavy atom. The van der Waals surface area contributed by atoms with E-state index in [0.29, 0.717) is 36.2 Å². The Morgan fingerprint density at radius 3 is 2.54 bits per heavy atom. The lowest BCUT2D eigenvalue weighted by atomic mass is 10.1. The quantitative estimate of drug-likeness (QED) is 0.360. The predicted molar refractivity (Wildman–Crippen MR) is 108 cm³/mol. The summed E-state index contributed by atoms with van der Waals surface area (Å²) in [6.07, 6.45) is 1.61. The van der Waals surface area contributed by atoms with E-state index in [9.17, 15) is 5.21 Å². The standard InChI is InChI=1S/C22H23N3O3/c1-3-27-19-8-10-20(11-9-19)28-21-14-17(12-13-23-21)22(25-26)24-15-18-7-5-4-6-16(18)2/h4-14,26H,3,15H2,1-2H3,(H,24,25). The number of pyridine rings is 1. The topological polar surface area (TPSA) is 76.0 Å². The Bertz CT molecular complexity index is 940. The summed E-state index contributed by atoms with van der Waals surface area (Å²) in [6, 6.07) is 18.8. The van der Waals surface area contributed by atoms with Crippen molar-refractivity contribution in [3.8, 4) is 17.4 Å². The lowest BCUT2D eigenvalue weighted by Crippen LogP contribution is -2.20. The van der Waals surface area contributed by atoms with Gasteiger partial charge in [-0.25, -0.2) is 4.98 Å². The van der Waals surface area contributed by atoms with Gasteiger partial charge in [-0.15, -0.1) is 0 Å². The summed E-state index contributed by atoms with van der Waals surface area (Å²) in [5, 5.41) is 9.53. The maximum absolute atomic E-state index is 9.53. The van der Waals surface area contributed by atoms with Crippen LogP contribution in [0.25, 0.3) is 0 Å². The minimum Gasteiger partial charge on any atom is -0.494 e. The molecule has 0 fully saturated rings. The molecule has 0 atom stereocenters. The first-order valence-corrected chi connectivity index (χ1v) is 9.06. The van der Waals surface area contributed by atoms with Gasteiger partial charge in [0.15, 0.2) is 5.84 Å². The predicted octanol–water partition coefficient (Wildman–Crippen LogP) is 4.51. The van der Waals surface area contributed by atoms with E-state index in [1.54, 1.807) is 18.3 Å². The molecule has 6 nitrogen and oxygen atoms in total. The largest absolute Gasteiger partial charge is 0.494 e. The Kier molecular flexibility index (Phi) is 6.59. The summed E-state index contributed by atoms with van der Waals surface area (Å²) in [6.45, 7) is 5.04. The highest BCUT2D eigenvalue weighted by atomic mass is 16.5. The second kappa shape index (κ2) is 9.53. The fourth-order valence-corrected chi connectivity index (χ4v) is 2.65. The molecule has 1 heterocycles. The van der Waals surface area contributed by atoms with Gasteiger partial charge in [0.1, 0.15) is 11.5 Å². The third-order valence-corrected chi connectivity index (χ3v) is 4.14. The molecule has 2 aromatic carbocycles. The zero-order valence-corrected chi connectivity index (χ0v) is 15.9. The molecule has 2 N–H and O–H groups in total. The summed E-state index contributed by atoms with van der Waals surface area (Å²) in [5.74, 6) is 2.18. The highest BCUT2D eigenvalue weighted by molar-refractivity contribution is 5.98. The van der Waals surface area contributed by atoms with Crippen molar-refractivity contribution in [1.82, 2.24) is 10.5 Å². The van der Waals surface area contributed by atoms with E-state index in [0.717, 1.165) is 16.9 Å². The number of nitrogens with one attached hydrogen (secondary N) is 1. The molecule has 0 spiro atoms. The minimum atomic E-state index is 0.349. The van der Waals surface area contributed by atoms with E-state index in [2.05, 4.69) is 15.5 Å². The van der Waals surface area contributed by atoms with E-state index in [-0.39, 0.29) is 0 Å². The SMILES string of the molecule is CCOc1ccc(Oc2cc(C(=NCc3ccccc3C)NO)ccn2)cc1. The first-order valence-electron chi connectivity index (χ1n) is 9.06. The molecule has 0 saturated carbocycles. The van der Waals surface area contributed by atoms with Crippen LogP contribution in [0.1, 0.15) is 23.6 Å². The van der Waals surface area contributed by atoms with Crippen LogP contribution in [0.4, 0.5) is 0 Å². The summed E-state index contributed by atoms with van der Waals surface area (Å²) >= 11 is 0. The molecule has 0 aliphatic rings. The van der Waals surface area contributed by atoms with Crippen LogP contribution in [0.2, 0.25) is 0 Å². The molecule has 3 rings (SSSR count). The number of benzene rings is 2. The molecule has 0 saturated heterocycles. The summed E-state index contributed by atoms with van der Waals surface area (Å²) in [7, 11) is 0. The fraction of sp³-hybridized carbons (Fsp3) is 0.182. The number of hydrogen-bond donors (Lipinski definition) is 2. The molecule has 0 aliphatic carbocycles. The van der Waals surface area contributed by atoms with Crippen molar-refractivity contribution in [1.29, 1.82) is 0 Å². The van der Waals surface area contributed by atoms with E-state index >= 15 is 0 Å². The molecule has 0 unspecified atom stereocenters. The third kappa shape index (κ3) is 5.08. The molecule has 144 valence electrons. The van der Waals surface area contributed by atoms with E-state index in [1.807, 2.05) is 62.4 Å². The molecular weight excluding hydrogens is 354 g/mol. The van der Waals surface area contributed by atoms with Gasteiger partial charge in [0.05, 0.1) is 13.2 Å². The number of hydroxylamine groups is 1. The Morgan fingerprint density at radius 1 is 1.07 bits per heavy atom. The molecule has 0 bridgehead atoms. The molecular formula is C22H23N3O3. The molecule has 0 amide bonds. The van der Waals surface area contributed by atoms with Crippen LogP contribution in [0, 0.1) is 6.92 Å². The third-order valence-electron chi connectivity index (χ3n) is 4.14. The Hall–Kier alpha value is -3.38. The van der Waals surface area contributed by atoms with E-state index in [4.69, 9.17) is 9.47 Å². The molecule has 3 aromatic rings. The number of nitrogens with zero attached hydrogens (tertiary/aromatic N) is 2. The number of aromatic nitrogens is 1. The van der Waals surface area contributed by atoms with Crippen molar-refractivity contribution in [3.05, 3.63) is 83.6 Å². The maximum Gasteiger partial charge on any atom is 0.219 e.